The molecular weight excluding hydrogens is 220 g/mol. The summed E-state index contributed by atoms with van der Waals surface area (Å²) in [6, 6.07) is 0.652. The maximum absolute atomic E-state index is 5.54. The van der Waals surface area contributed by atoms with Crippen LogP contribution in [0.3, 0.4) is 0 Å². The standard InChI is InChI=1S/C12H20N2OS/c1-3-15-11-6-10(7-11)14-8-9(2)12-13-4-5-16-12/h4-5,9-11,14H,3,6-8H2,1-2H3. The minimum Gasteiger partial charge on any atom is -0.378 e. The fourth-order valence-electron chi connectivity index (χ4n) is 2.01. The summed E-state index contributed by atoms with van der Waals surface area (Å²) in [5.74, 6) is 0.520. The Bertz CT molecular complexity index is 296. The molecule has 16 heavy (non-hydrogen) atoms. The summed E-state index contributed by atoms with van der Waals surface area (Å²) < 4.78 is 5.54. The van der Waals surface area contributed by atoms with Crippen molar-refractivity contribution in [3.8, 4) is 0 Å². The molecule has 90 valence electrons. The van der Waals surface area contributed by atoms with Crippen molar-refractivity contribution in [2.75, 3.05) is 13.2 Å². The van der Waals surface area contributed by atoms with Crippen LogP contribution in [0.5, 0.6) is 0 Å². The van der Waals surface area contributed by atoms with Gasteiger partial charge in [-0.2, -0.15) is 0 Å². The van der Waals surface area contributed by atoms with Gasteiger partial charge in [-0.05, 0) is 19.8 Å². The molecule has 0 radical (unpaired) electrons. The van der Waals surface area contributed by atoms with Crippen molar-refractivity contribution >= 4 is 11.3 Å². The van der Waals surface area contributed by atoms with E-state index in [2.05, 4.69) is 24.1 Å². The Morgan fingerprint density at radius 3 is 3.06 bits per heavy atom. The maximum atomic E-state index is 5.54. The lowest BCUT2D eigenvalue weighted by molar-refractivity contribution is -0.00993. The topological polar surface area (TPSA) is 34.1 Å². The first-order valence-corrected chi connectivity index (χ1v) is 6.92. The van der Waals surface area contributed by atoms with Gasteiger partial charge >= 0.3 is 0 Å². The Labute approximate surface area is 101 Å². The van der Waals surface area contributed by atoms with Gasteiger partial charge in [-0.25, -0.2) is 4.98 Å². The first-order chi connectivity index (χ1) is 7.79. The molecule has 1 aliphatic rings. The van der Waals surface area contributed by atoms with E-state index in [0.29, 0.717) is 18.1 Å². The number of hydrogen-bond acceptors (Lipinski definition) is 4. The fraction of sp³-hybridized carbons (Fsp3) is 0.750. The average molecular weight is 240 g/mol. The third-order valence-corrected chi connectivity index (χ3v) is 4.09. The molecule has 0 saturated heterocycles. The van der Waals surface area contributed by atoms with Crippen molar-refractivity contribution in [2.45, 2.75) is 44.8 Å². The van der Waals surface area contributed by atoms with E-state index >= 15 is 0 Å². The molecule has 0 aliphatic heterocycles. The number of aromatic nitrogens is 1. The molecule has 2 rings (SSSR count). The Hall–Kier alpha value is -0.450. The van der Waals surface area contributed by atoms with Crippen LogP contribution in [0.25, 0.3) is 0 Å². The van der Waals surface area contributed by atoms with Gasteiger partial charge in [0.2, 0.25) is 0 Å². The molecule has 1 aromatic heterocycles. The number of nitrogens with zero attached hydrogens (tertiary/aromatic N) is 1. The first-order valence-electron chi connectivity index (χ1n) is 6.04. The summed E-state index contributed by atoms with van der Waals surface area (Å²) in [4.78, 5) is 4.34. The molecule has 1 atom stereocenters. The third kappa shape index (κ3) is 3.03. The van der Waals surface area contributed by atoms with Crippen LogP contribution in [-0.2, 0) is 4.74 Å². The smallest absolute Gasteiger partial charge is 0.0965 e. The molecule has 1 saturated carbocycles. The van der Waals surface area contributed by atoms with Gasteiger partial charge in [-0.1, -0.05) is 6.92 Å². The van der Waals surface area contributed by atoms with Crippen LogP contribution >= 0.6 is 11.3 Å². The summed E-state index contributed by atoms with van der Waals surface area (Å²) in [7, 11) is 0. The molecule has 0 bridgehead atoms. The minimum absolute atomic E-state index is 0.498. The molecule has 1 unspecified atom stereocenters. The van der Waals surface area contributed by atoms with Crippen LogP contribution in [0.2, 0.25) is 0 Å². The van der Waals surface area contributed by atoms with Gasteiger partial charge in [-0.15, -0.1) is 11.3 Å². The monoisotopic (exact) mass is 240 g/mol. The molecule has 1 heterocycles. The van der Waals surface area contributed by atoms with Gasteiger partial charge in [0.15, 0.2) is 0 Å². The van der Waals surface area contributed by atoms with Gasteiger partial charge in [0.05, 0.1) is 11.1 Å². The lowest BCUT2D eigenvalue weighted by atomic mass is 9.89. The molecular formula is C12H20N2OS. The van der Waals surface area contributed by atoms with Crippen LogP contribution in [0.4, 0.5) is 0 Å². The van der Waals surface area contributed by atoms with E-state index in [1.54, 1.807) is 11.3 Å². The lowest BCUT2D eigenvalue weighted by Crippen LogP contribution is -2.46. The first kappa shape index (κ1) is 12.0. The third-order valence-electron chi connectivity index (χ3n) is 3.08. The van der Waals surface area contributed by atoms with E-state index in [1.807, 2.05) is 11.6 Å². The zero-order valence-corrected chi connectivity index (χ0v) is 10.8. The van der Waals surface area contributed by atoms with Crippen LogP contribution in [0.15, 0.2) is 11.6 Å². The van der Waals surface area contributed by atoms with Gasteiger partial charge < -0.3 is 10.1 Å². The van der Waals surface area contributed by atoms with Gasteiger partial charge in [0.25, 0.3) is 0 Å². The number of rotatable bonds is 6. The van der Waals surface area contributed by atoms with E-state index in [4.69, 9.17) is 4.74 Å². The second-order valence-electron chi connectivity index (χ2n) is 4.43. The molecule has 3 nitrogen and oxygen atoms in total. The van der Waals surface area contributed by atoms with Crippen molar-refractivity contribution in [1.29, 1.82) is 0 Å². The highest BCUT2D eigenvalue weighted by atomic mass is 32.1. The SMILES string of the molecule is CCOC1CC(NCC(C)c2nccs2)C1. The Morgan fingerprint density at radius 2 is 2.44 bits per heavy atom. The average Bonchev–Trinajstić information content (AvgIpc) is 2.74. The second kappa shape index (κ2) is 5.75. The minimum atomic E-state index is 0.498. The Morgan fingerprint density at radius 1 is 1.62 bits per heavy atom. The molecule has 0 amide bonds. The summed E-state index contributed by atoms with van der Waals surface area (Å²) in [6.07, 6.45) is 4.71. The molecule has 1 fully saturated rings. The van der Waals surface area contributed by atoms with Crippen molar-refractivity contribution < 1.29 is 4.74 Å². The number of hydrogen-bond donors (Lipinski definition) is 1. The van der Waals surface area contributed by atoms with Gasteiger partial charge in [0.1, 0.15) is 0 Å². The van der Waals surface area contributed by atoms with Crippen LogP contribution in [-0.4, -0.2) is 30.3 Å². The quantitative estimate of drug-likeness (QED) is 0.829. The van der Waals surface area contributed by atoms with Crippen molar-refractivity contribution in [3.05, 3.63) is 16.6 Å². The van der Waals surface area contributed by atoms with Crippen molar-refractivity contribution in [3.63, 3.8) is 0 Å². The zero-order chi connectivity index (χ0) is 11.4. The Balaban J connectivity index is 1.62. The number of thiazole rings is 1. The molecule has 1 aliphatic carbocycles. The molecule has 4 heteroatoms. The van der Waals surface area contributed by atoms with E-state index in [0.717, 1.165) is 13.2 Å². The number of nitrogens with one attached hydrogen (secondary N) is 1. The van der Waals surface area contributed by atoms with E-state index in [-0.39, 0.29) is 0 Å². The highest BCUT2D eigenvalue weighted by Crippen LogP contribution is 2.24. The zero-order valence-electron chi connectivity index (χ0n) is 9.98. The summed E-state index contributed by atoms with van der Waals surface area (Å²) in [5, 5.41) is 6.85. The highest BCUT2D eigenvalue weighted by molar-refractivity contribution is 7.09. The largest absolute Gasteiger partial charge is 0.378 e. The van der Waals surface area contributed by atoms with E-state index in [9.17, 15) is 0 Å². The summed E-state index contributed by atoms with van der Waals surface area (Å²) >= 11 is 1.74. The summed E-state index contributed by atoms with van der Waals surface area (Å²) in [6.45, 7) is 6.15. The summed E-state index contributed by atoms with van der Waals surface area (Å²) in [5.41, 5.74) is 0. The molecule has 1 N–H and O–H groups in total. The maximum Gasteiger partial charge on any atom is 0.0965 e. The predicted octanol–water partition coefficient (Wildman–Crippen LogP) is 2.40. The van der Waals surface area contributed by atoms with Crippen LogP contribution in [0, 0.1) is 0 Å². The van der Waals surface area contributed by atoms with Crippen LogP contribution < -0.4 is 5.32 Å². The highest BCUT2D eigenvalue weighted by Gasteiger charge is 2.29. The molecule has 0 spiro atoms. The van der Waals surface area contributed by atoms with Crippen LogP contribution in [0.1, 0.15) is 37.6 Å². The fourth-order valence-corrected chi connectivity index (χ4v) is 2.71. The molecule has 0 aromatic carbocycles. The van der Waals surface area contributed by atoms with Gasteiger partial charge in [-0.3, -0.25) is 0 Å². The van der Waals surface area contributed by atoms with Crippen molar-refractivity contribution in [1.82, 2.24) is 10.3 Å². The van der Waals surface area contributed by atoms with E-state index < -0.39 is 0 Å². The Kier molecular flexibility index (Phi) is 4.32. The second-order valence-corrected chi connectivity index (χ2v) is 5.35. The lowest BCUT2D eigenvalue weighted by Gasteiger charge is -2.36. The van der Waals surface area contributed by atoms with Crippen molar-refractivity contribution in [2.24, 2.45) is 0 Å². The predicted molar refractivity (Wildman–Crippen MR) is 67.0 cm³/mol. The van der Waals surface area contributed by atoms with Gasteiger partial charge in [0, 0.05) is 36.7 Å². The number of ether oxygens (including phenoxy) is 1. The molecule has 1 aromatic rings. The normalized spacial score (nSPS) is 26.4. The van der Waals surface area contributed by atoms with E-state index in [1.165, 1.54) is 17.8 Å².